The SMILES string of the molecule is CCOC(C)c1c(C(=O)O)cnn2cc(C(F)(F)F)cc12. The van der Waals surface area contributed by atoms with Crippen LogP contribution >= 0.6 is 0 Å². The van der Waals surface area contributed by atoms with Crippen molar-refractivity contribution in [1.29, 1.82) is 0 Å². The van der Waals surface area contributed by atoms with E-state index in [0.29, 0.717) is 6.61 Å². The first-order chi connectivity index (χ1) is 9.75. The molecule has 114 valence electrons. The van der Waals surface area contributed by atoms with Crippen LogP contribution in [0.15, 0.2) is 18.5 Å². The first kappa shape index (κ1) is 15.3. The Morgan fingerprint density at radius 1 is 1.52 bits per heavy atom. The van der Waals surface area contributed by atoms with Gasteiger partial charge in [-0.1, -0.05) is 0 Å². The highest BCUT2D eigenvalue weighted by Gasteiger charge is 2.33. The predicted octanol–water partition coefficient (Wildman–Crippen LogP) is 3.15. The number of carboxylic acids is 1. The number of halogens is 3. The summed E-state index contributed by atoms with van der Waals surface area (Å²) in [5, 5.41) is 12.9. The summed E-state index contributed by atoms with van der Waals surface area (Å²) in [5.41, 5.74) is -0.809. The van der Waals surface area contributed by atoms with Gasteiger partial charge in [-0.25, -0.2) is 9.31 Å². The van der Waals surface area contributed by atoms with Gasteiger partial charge in [-0.05, 0) is 19.9 Å². The molecule has 1 N–H and O–H groups in total. The molecule has 0 aliphatic rings. The predicted molar refractivity (Wildman–Crippen MR) is 67.2 cm³/mol. The quantitative estimate of drug-likeness (QED) is 0.942. The number of aromatic nitrogens is 2. The minimum absolute atomic E-state index is 0.0724. The maximum absolute atomic E-state index is 12.8. The molecule has 8 heteroatoms. The number of carboxylic acid groups (broad SMARTS) is 1. The molecular weight excluding hydrogens is 289 g/mol. The summed E-state index contributed by atoms with van der Waals surface area (Å²) >= 11 is 0. The van der Waals surface area contributed by atoms with Gasteiger partial charge >= 0.3 is 12.1 Å². The van der Waals surface area contributed by atoms with Crippen LogP contribution in [-0.2, 0) is 10.9 Å². The van der Waals surface area contributed by atoms with Crippen LogP contribution in [0.1, 0.15) is 41.4 Å². The molecule has 0 saturated carbocycles. The lowest BCUT2D eigenvalue weighted by atomic mass is 10.0. The van der Waals surface area contributed by atoms with Gasteiger partial charge in [0.2, 0.25) is 0 Å². The van der Waals surface area contributed by atoms with E-state index in [1.54, 1.807) is 13.8 Å². The van der Waals surface area contributed by atoms with Gasteiger partial charge in [0.1, 0.15) is 0 Å². The highest BCUT2D eigenvalue weighted by Crippen LogP contribution is 2.33. The molecule has 21 heavy (non-hydrogen) atoms. The van der Waals surface area contributed by atoms with Crippen LogP contribution in [0.25, 0.3) is 5.52 Å². The molecule has 0 bridgehead atoms. The minimum atomic E-state index is -4.52. The average Bonchev–Trinajstić information content (AvgIpc) is 2.81. The minimum Gasteiger partial charge on any atom is -0.478 e. The summed E-state index contributed by atoms with van der Waals surface area (Å²) < 4.78 is 44.7. The normalized spacial score (nSPS) is 13.6. The van der Waals surface area contributed by atoms with E-state index < -0.39 is 23.8 Å². The van der Waals surface area contributed by atoms with E-state index in [4.69, 9.17) is 4.74 Å². The Hall–Kier alpha value is -2.09. The van der Waals surface area contributed by atoms with Gasteiger partial charge in [0.15, 0.2) is 0 Å². The van der Waals surface area contributed by atoms with Crippen LogP contribution < -0.4 is 0 Å². The number of rotatable bonds is 4. The zero-order chi connectivity index (χ0) is 15.8. The van der Waals surface area contributed by atoms with Crippen molar-refractivity contribution in [3.8, 4) is 0 Å². The molecule has 2 rings (SSSR count). The maximum atomic E-state index is 12.8. The first-order valence-corrected chi connectivity index (χ1v) is 6.19. The molecule has 0 aliphatic heterocycles. The summed E-state index contributed by atoms with van der Waals surface area (Å²) in [5.74, 6) is -1.26. The standard InChI is InChI=1S/C13H13F3N2O3/c1-3-21-7(2)11-9(12(19)20)5-17-18-6-8(4-10(11)18)13(14,15)16/h4-7H,3H2,1-2H3,(H,19,20). The van der Waals surface area contributed by atoms with Crippen LogP contribution in [0.4, 0.5) is 13.2 Å². The Labute approximate surface area is 117 Å². The molecule has 0 aliphatic carbocycles. The van der Waals surface area contributed by atoms with Crippen molar-refractivity contribution in [2.24, 2.45) is 0 Å². The second-order valence-corrected chi connectivity index (χ2v) is 4.43. The molecule has 0 radical (unpaired) electrons. The second-order valence-electron chi connectivity index (χ2n) is 4.43. The van der Waals surface area contributed by atoms with Gasteiger partial charge in [0.25, 0.3) is 0 Å². The van der Waals surface area contributed by atoms with Crippen LogP contribution in [0, 0.1) is 0 Å². The number of carbonyl (C=O) groups is 1. The van der Waals surface area contributed by atoms with Crippen molar-refractivity contribution >= 4 is 11.5 Å². The van der Waals surface area contributed by atoms with Crippen molar-refractivity contribution in [2.45, 2.75) is 26.1 Å². The monoisotopic (exact) mass is 302 g/mol. The Bertz CT molecular complexity index is 679. The van der Waals surface area contributed by atoms with Gasteiger partial charge < -0.3 is 9.84 Å². The lowest BCUT2D eigenvalue weighted by molar-refractivity contribution is -0.137. The molecule has 2 aromatic heterocycles. The second kappa shape index (κ2) is 5.36. The van der Waals surface area contributed by atoms with Crippen molar-refractivity contribution in [1.82, 2.24) is 9.61 Å². The van der Waals surface area contributed by atoms with Crippen molar-refractivity contribution < 1.29 is 27.8 Å². The largest absolute Gasteiger partial charge is 0.478 e. The van der Waals surface area contributed by atoms with E-state index in [1.165, 1.54) is 0 Å². The van der Waals surface area contributed by atoms with Gasteiger partial charge in [0, 0.05) is 18.4 Å². The zero-order valence-corrected chi connectivity index (χ0v) is 11.3. The number of alkyl halides is 3. The Morgan fingerprint density at radius 2 is 2.19 bits per heavy atom. The summed E-state index contributed by atoms with van der Waals surface area (Å²) in [4.78, 5) is 11.3. The number of ether oxygens (including phenoxy) is 1. The molecule has 5 nitrogen and oxygen atoms in total. The summed E-state index contributed by atoms with van der Waals surface area (Å²) in [6.07, 6.45) is -3.34. The summed E-state index contributed by atoms with van der Waals surface area (Å²) in [6, 6.07) is 0.879. The molecule has 2 aromatic rings. The highest BCUT2D eigenvalue weighted by atomic mass is 19.4. The van der Waals surface area contributed by atoms with Crippen LogP contribution in [0.3, 0.4) is 0 Å². The average molecular weight is 302 g/mol. The van der Waals surface area contributed by atoms with E-state index in [9.17, 15) is 23.1 Å². The van der Waals surface area contributed by atoms with Gasteiger partial charge in [-0.3, -0.25) is 0 Å². The number of hydrogen-bond acceptors (Lipinski definition) is 3. The molecule has 1 unspecified atom stereocenters. The third-order valence-corrected chi connectivity index (χ3v) is 3.06. The van der Waals surface area contributed by atoms with E-state index in [2.05, 4.69) is 5.10 Å². The van der Waals surface area contributed by atoms with E-state index in [1.807, 2.05) is 0 Å². The van der Waals surface area contributed by atoms with E-state index >= 15 is 0 Å². The number of hydrogen-bond donors (Lipinski definition) is 1. The van der Waals surface area contributed by atoms with E-state index in [0.717, 1.165) is 23.0 Å². The highest BCUT2D eigenvalue weighted by molar-refractivity contribution is 5.91. The van der Waals surface area contributed by atoms with Crippen molar-refractivity contribution in [3.05, 3.63) is 35.2 Å². The first-order valence-electron chi connectivity index (χ1n) is 6.19. The Morgan fingerprint density at radius 3 is 2.71 bits per heavy atom. The van der Waals surface area contributed by atoms with E-state index in [-0.39, 0.29) is 16.6 Å². The zero-order valence-electron chi connectivity index (χ0n) is 11.3. The van der Waals surface area contributed by atoms with Gasteiger partial charge in [-0.2, -0.15) is 18.3 Å². The molecule has 0 aromatic carbocycles. The Balaban J connectivity index is 2.71. The smallest absolute Gasteiger partial charge is 0.417 e. The number of fused-ring (bicyclic) bond motifs is 1. The molecule has 0 fully saturated rings. The molecule has 0 spiro atoms. The molecule has 0 saturated heterocycles. The summed E-state index contributed by atoms with van der Waals surface area (Å²) in [6.45, 7) is 3.61. The topological polar surface area (TPSA) is 63.8 Å². The lowest BCUT2D eigenvalue weighted by Gasteiger charge is -2.15. The van der Waals surface area contributed by atoms with Crippen molar-refractivity contribution in [2.75, 3.05) is 6.61 Å². The van der Waals surface area contributed by atoms with Gasteiger partial charge in [0.05, 0.1) is 28.9 Å². The fourth-order valence-corrected chi connectivity index (χ4v) is 2.16. The third-order valence-electron chi connectivity index (χ3n) is 3.06. The fourth-order valence-electron chi connectivity index (χ4n) is 2.16. The molecule has 0 amide bonds. The third kappa shape index (κ3) is 2.85. The van der Waals surface area contributed by atoms with Crippen LogP contribution in [0.5, 0.6) is 0 Å². The molecule has 2 heterocycles. The maximum Gasteiger partial charge on any atom is 0.417 e. The summed E-state index contributed by atoms with van der Waals surface area (Å²) in [7, 11) is 0. The van der Waals surface area contributed by atoms with Crippen LogP contribution in [-0.4, -0.2) is 27.3 Å². The number of nitrogens with zero attached hydrogens (tertiary/aromatic N) is 2. The van der Waals surface area contributed by atoms with Crippen molar-refractivity contribution in [3.63, 3.8) is 0 Å². The fraction of sp³-hybridized carbons (Fsp3) is 0.385. The van der Waals surface area contributed by atoms with Crippen LogP contribution in [0.2, 0.25) is 0 Å². The molecule has 1 atom stereocenters. The van der Waals surface area contributed by atoms with Gasteiger partial charge in [-0.15, -0.1) is 0 Å². The molecular formula is C13H13F3N2O3. The lowest BCUT2D eigenvalue weighted by Crippen LogP contribution is -2.11. The number of aromatic carboxylic acids is 1. The Kier molecular flexibility index (Phi) is 3.91.